The van der Waals surface area contributed by atoms with Gasteiger partial charge >= 0.3 is 5.97 Å². The maximum absolute atomic E-state index is 11.8. The quantitative estimate of drug-likeness (QED) is 0.439. The van der Waals surface area contributed by atoms with Gasteiger partial charge in [0.15, 0.2) is 5.60 Å². The molecule has 3 unspecified atom stereocenters. The van der Waals surface area contributed by atoms with Crippen molar-refractivity contribution in [3.05, 3.63) is 24.3 Å². The van der Waals surface area contributed by atoms with Crippen LogP contribution >= 0.6 is 0 Å². The number of allylic oxidation sites excluding steroid dienone is 1. The van der Waals surface area contributed by atoms with Crippen molar-refractivity contribution in [3.8, 4) is 0 Å². The lowest BCUT2D eigenvalue weighted by atomic mass is 9.77. The van der Waals surface area contributed by atoms with Crippen molar-refractivity contribution in [2.75, 3.05) is 6.61 Å². The van der Waals surface area contributed by atoms with Crippen LogP contribution in [0.4, 0.5) is 0 Å². The third-order valence-electron chi connectivity index (χ3n) is 3.93. The van der Waals surface area contributed by atoms with Gasteiger partial charge < -0.3 is 9.47 Å². The van der Waals surface area contributed by atoms with Crippen molar-refractivity contribution in [1.29, 1.82) is 0 Å². The number of ether oxygens (including phenoxy) is 2. The number of esters is 1. The molecule has 0 aromatic heterocycles. The summed E-state index contributed by atoms with van der Waals surface area (Å²) in [6.07, 6.45) is 8.73. The summed E-state index contributed by atoms with van der Waals surface area (Å²) in [6, 6.07) is 0. The third-order valence-corrected chi connectivity index (χ3v) is 3.93. The van der Waals surface area contributed by atoms with Crippen molar-refractivity contribution in [1.82, 2.24) is 0 Å². The Morgan fingerprint density at radius 3 is 2.83 bits per heavy atom. The van der Waals surface area contributed by atoms with Gasteiger partial charge in [-0.1, -0.05) is 25.5 Å². The highest BCUT2D eigenvalue weighted by Gasteiger charge is 2.51. The molecule has 1 saturated heterocycles. The van der Waals surface area contributed by atoms with Crippen molar-refractivity contribution >= 4 is 5.97 Å². The van der Waals surface area contributed by atoms with Gasteiger partial charge in [-0.2, -0.15) is 0 Å². The molecule has 0 radical (unpaired) electrons. The Labute approximate surface area is 109 Å². The lowest BCUT2D eigenvalue weighted by Crippen LogP contribution is -2.43. The Morgan fingerprint density at radius 2 is 2.17 bits per heavy atom. The second-order valence-electron chi connectivity index (χ2n) is 5.37. The summed E-state index contributed by atoms with van der Waals surface area (Å²) in [7, 11) is 0. The van der Waals surface area contributed by atoms with Gasteiger partial charge in [0.1, 0.15) is 0 Å². The van der Waals surface area contributed by atoms with E-state index >= 15 is 0 Å². The molecule has 0 bridgehead atoms. The molecule has 18 heavy (non-hydrogen) atoms. The minimum Gasteiger partial charge on any atom is -0.449 e. The molecule has 0 amide bonds. The highest BCUT2D eigenvalue weighted by Crippen LogP contribution is 2.43. The predicted molar refractivity (Wildman–Crippen MR) is 70.1 cm³/mol. The van der Waals surface area contributed by atoms with Crippen LogP contribution in [0.15, 0.2) is 24.3 Å². The second-order valence-corrected chi connectivity index (χ2v) is 5.37. The summed E-state index contributed by atoms with van der Waals surface area (Å²) in [5, 5.41) is 0. The Balaban J connectivity index is 2.21. The molecule has 2 fully saturated rings. The Bertz CT molecular complexity index is 372. The number of fused-ring (bicyclic) bond motifs is 1. The normalized spacial score (nSPS) is 35.4. The van der Waals surface area contributed by atoms with Gasteiger partial charge in [0.25, 0.3) is 0 Å². The molecule has 100 valence electrons. The van der Waals surface area contributed by atoms with Crippen LogP contribution in [-0.4, -0.2) is 24.3 Å². The predicted octanol–water partition coefficient (Wildman–Crippen LogP) is 3.01. The van der Waals surface area contributed by atoms with Gasteiger partial charge in [-0.3, -0.25) is 0 Å². The molecule has 1 saturated carbocycles. The summed E-state index contributed by atoms with van der Waals surface area (Å²) in [5.41, 5.74) is -0.131. The van der Waals surface area contributed by atoms with Crippen LogP contribution in [0.1, 0.15) is 39.5 Å². The number of hydrogen-bond donors (Lipinski definition) is 0. The standard InChI is InChI=1S/C15H22O3/c1-4-9-15(18-14(16)11(2)3)10-17-13-8-6-5-7-12(13)15/h4,9,12-13H,2,5-8,10H2,1,3H3/b9-4+. The summed E-state index contributed by atoms with van der Waals surface area (Å²) in [5.74, 6) is -0.0197. The molecule has 1 aliphatic heterocycles. The van der Waals surface area contributed by atoms with E-state index in [-0.39, 0.29) is 12.1 Å². The van der Waals surface area contributed by atoms with Crippen LogP contribution in [0.2, 0.25) is 0 Å². The first-order valence-electron chi connectivity index (χ1n) is 6.73. The molecule has 0 spiro atoms. The Morgan fingerprint density at radius 1 is 1.44 bits per heavy atom. The number of carbonyl (C=O) groups is 1. The zero-order chi connectivity index (χ0) is 13.2. The molecule has 1 heterocycles. The molecule has 2 rings (SSSR count). The Hall–Kier alpha value is -1.09. The van der Waals surface area contributed by atoms with Gasteiger partial charge in [-0.25, -0.2) is 4.79 Å². The summed E-state index contributed by atoms with van der Waals surface area (Å²) >= 11 is 0. The highest BCUT2D eigenvalue weighted by molar-refractivity contribution is 5.87. The molecular weight excluding hydrogens is 228 g/mol. The third kappa shape index (κ3) is 2.37. The second kappa shape index (κ2) is 5.27. The minimum absolute atomic E-state index is 0.243. The molecule has 2 aliphatic rings. The van der Waals surface area contributed by atoms with Crippen molar-refractivity contribution in [2.24, 2.45) is 5.92 Å². The fraction of sp³-hybridized carbons (Fsp3) is 0.667. The van der Waals surface area contributed by atoms with E-state index in [0.717, 1.165) is 12.8 Å². The SMILES string of the molecule is C=C(C)C(=O)OC1(/C=C/C)COC2CCCCC21. The molecule has 3 atom stereocenters. The molecule has 3 heteroatoms. The lowest BCUT2D eigenvalue weighted by molar-refractivity contribution is -0.153. The first kappa shape index (κ1) is 13.3. The van der Waals surface area contributed by atoms with E-state index < -0.39 is 5.60 Å². The van der Waals surface area contributed by atoms with Gasteiger partial charge in [-0.15, -0.1) is 0 Å². The monoisotopic (exact) mass is 250 g/mol. The van der Waals surface area contributed by atoms with E-state index in [1.165, 1.54) is 12.8 Å². The molecule has 0 aromatic rings. The number of rotatable bonds is 3. The van der Waals surface area contributed by atoms with Crippen molar-refractivity contribution in [3.63, 3.8) is 0 Å². The van der Waals surface area contributed by atoms with Crippen LogP contribution in [-0.2, 0) is 14.3 Å². The van der Waals surface area contributed by atoms with Gasteiger partial charge in [0.05, 0.1) is 12.7 Å². The average Bonchev–Trinajstić information content (AvgIpc) is 2.69. The van der Waals surface area contributed by atoms with E-state index in [0.29, 0.717) is 18.1 Å². The fourth-order valence-corrected chi connectivity index (χ4v) is 3.05. The van der Waals surface area contributed by atoms with Crippen molar-refractivity contribution < 1.29 is 14.3 Å². The summed E-state index contributed by atoms with van der Waals surface area (Å²) < 4.78 is 11.6. The van der Waals surface area contributed by atoms with Crippen LogP contribution in [0, 0.1) is 5.92 Å². The highest BCUT2D eigenvalue weighted by atomic mass is 16.6. The molecule has 3 nitrogen and oxygen atoms in total. The lowest BCUT2D eigenvalue weighted by Gasteiger charge is -2.34. The van der Waals surface area contributed by atoms with Crippen molar-refractivity contribution in [2.45, 2.75) is 51.2 Å². The van der Waals surface area contributed by atoms with E-state index in [2.05, 4.69) is 6.58 Å². The molecule has 0 aromatic carbocycles. The molecular formula is C15H22O3. The van der Waals surface area contributed by atoms with Crippen LogP contribution in [0.5, 0.6) is 0 Å². The van der Waals surface area contributed by atoms with E-state index in [9.17, 15) is 4.79 Å². The van der Waals surface area contributed by atoms with Crippen LogP contribution in [0.25, 0.3) is 0 Å². The Kier molecular flexibility index (Phi) is 3.91. The number of hydrogen-bond acceptors (Lipinski definition) is 3. The zero-order valence-electron chi connectivity index (χ0n) is 11.3. The summed E-state index contributed by atoms with van der Waals surface area (Å²) in [4.78, 5) is 11.8. The van der Waals surface area contributed by atoms with E-state index in [1.807, 2.05) is 19.1 Å². The largest absolute Gasteiger partial charge is 0.449 e. The first-order valence-corrected chi connectivity index (χ1v) is 6.73. The minimum atomic E-state index is -0.574. The van der Waals surface area contributed by atoms with Crippen LogP contribution < -0.4 is 0 Å². The molecule has 0 N–H and O–H groups in total. The fourth-order valence-electron chi connectivity index (χ4n) is 3.05. The van der Waals surface area contributed by atoms with Gasteiger partial charge in [0, 0.05) is 11.5 Å². The average molecular weight is 250 g/mol. The first-order chi connectivity index (χ1) is 8.59. The van der Waals surface area contributed by atoms with Crippen LogP contribution in [0.3, 0.4) is 0 Å². The zero-order valence-corrected chi connectivity index (χ0v) is 11.3. The van der Waals surface area contributed by atoms with E-state index in [4.69, 9.17) is 9.47 Å². The van der Waals surface area contributed by atoms with Gasteiger partial charge in [-0.05, 0) is 32.8 Å². The maximum atomic E-state index is 11.8. The summed E-state index contributed by atoms with van der Waals surface area (Å²) in [6.45, 7) is 7.76. The topological polar surface area (TPSA) is 35.5 Å². The number of carbonyl (C=O) groups excluding carboxylic acids is 1. The van der Waals surface area contributed by atoms with Gasteiger partial charge in [0.2, 0.25) is 0 Å². The maximum Gasteiger partial charge on any atom is 0.334 e. The van der Waals surface area contributed by atoms with E-state index in [1.54, 1.807) is 6.92 Å². The smallest absolute Gasteiger partial charge is 0.334 e. The molecule has 1 aliphatic carbocycles.